The van der Waals surface area contributed by atoms with E-state index in [1.54, 1.807) is 12.1 Å². The summed E-state index contributed by atoms with van der Waals surface area (Å²) in [5, 5.41) is 13.6. The molecular formula is C14H22FNO. The molecule has 0 amide bonds. The fourth-order valence-electron chi connectivity index (χ4n) is 1.81. The Morgan fingerprint density at radius 1 is 1.18 bits per heavy atom. The van der Waals surface area contributed by atoms with Crippen molar-refractivity contribution in [3.63, 3.8) is 0 Å². The average Bonchev–Trinajstić information content (AvgIpc) is 2.35. The molecule has 96 valence electrons. The largest absolute Gasteiger partial charge is 0.387 e. The maximum Gasteiger partial charge on any atom is 0.123 e. The molecule has 1 rings (SSSR count). The van der Waals surface area contributed by atoms with Crippen molar-refractivity contribution in [1.82, 2.24) is 5.32 Å². The van der Waals surface area contributed by atoms with Gasteiger partial charge in [0, 0.05) is 12.1 Å². The molecule has 1 aromatic carbocycles. The molecule has 0 aliphatic rings. The molecule has 3 unspecified atom stereocenters. The zero-order chi connectivity index (χ0) is 12.8. The normalized spacial score (nSPS) is 16.5. The van der Waals surface area contributed by atoms with Crippen molar-refractivity contribution >= 4 is 0 Å². The van der Waals surface area contributed by atoms with Crippen LogP contribution in [0.1, 0.15) is 45.3 Å². The summed E-state index contributed by atoms with van der Waals surface area (Å²) in [4.78, 5) is 0. The van der Waals surface area contributed by atoms with Crippen molar-refractivity contribution in [1.29, 1.82) is 0 Å². The van der Waals surface area contributed by atoms with E-state index in [2.05, 4.69) is 19.2 Å². The number of rotatable bonds is 6. The minimum atomic E-state index is -0.588. The number of hydrogen-bond donors (Lipinski definition) is 2. The first kappa shape index (κ1) is 14.1. The molecule has 0 spiro atoms. The van der Waals surface area contributed by atoms with E-state index in [-0.39, 0.29) is 11.9 Å². The van der Waals surface area contributed by atoms with E-state index >= 15 is 0 Å². The topological polar surface area (TPSA) is 32.3 Å². The quantitative estimate of drug-likeness (QED) is 0.799. The average molecular weight is 239 g/mol. The molecule has 0 aromatic heterocycles. The van der Waals surface area contributed by atoms with Crippen molar-refractivity contribution in [2.24, 2.45) is 0 Å². The monoisotopic (exact) mass is 239 g/mol. The molecular weight excluding hydrogens is 217 g/mol. The fraction of sp³-hybridized carbons (Fsp3) is 0.571. The SMILES string of the molecule is CCC(C)NC(CC)C(O)c1ccc(F)cc1. The van der Waals surface area contributed by atoms with Gasteiger partial charge in [0.25, 0.3) is 0 Å². The lowest BCUT2D eigenvalue weighted by Gasteiger charge is -2.26. The molecule has 3 atom stereocenters. The van der Waals surface area contributed by atoms with Crippen molar-refractivity contribution in [2.75, 3.05) is 0 Å². The third-order valence-electron chi connectivity index (χ3n) is 3.14. The van der Waals surface area contributed by atoms with Gasteiger partial charge in [0.2, 0.25) is 0 Å². The molecule has 0 saturated heterocycles. The van der Waals surface area contributed by atoms with Crippen LogP contribution in [0.25, 0.3) is 0 Å². The van der Waals surface area contributed by atoms with Crippen LogP contribution in [0.4, 0.5) is 4.39 Å². The second kappa shape index (κ2) is 6.72. The predicted octanol–water partition coefficient (Wildman–Crippen LogP) is 3.03. The van der Waals surface area contributed by atoms with Crippen LogP contribution in [-0.2, 0) is 0 Å². The van der Waals surface area contributed by atoms with Crippen LogP contribution in [-0.4, -0.2) is 17.2 Å². The van der Waals surface area contributed by atoms with Crippen molar-refractivity contribution in [2.45, 2.75) is 51.8 Å². The number of aliphatic hydroxyl groups excluding tert-OH is 1. The van der Waals surface area contributed by atoms with E-state index in [4.69, 9.17) is 0 Å². The van der Waals surface area contributed by atoms with Crippen LogP contribution < -0.4 is 5.32 Å². The molecule has 0 bridgehead atoms. The van der Waals surface area contributed by atoms with Crippen LogP contribution in [0, 0.1) is 5.82 Å². The van der Waals surface area contributed by atoms with E-state index in [1.165, 1.54) is 12.1 Å². The van der Waals surface area contributed by atoms with Crippen LogP contribution in [0.15, 0.2) is 24.3 Å². The van der Waals surface area contributed by atoms with Crippen LogP contribution >= 0.6 is 0 Å². The number of nitrogens with one attached hydrogen (secondary N) is 1. The zero-order valence-corrected chi connectivity index (χ0v) is 10.8. The minimum Gasteiger partial charge on any atom is -0.387 e. The number of hydrogen-bond acceptors (Lipinski definition) is 2. The molecule has 2 nitrogen and oxygen atoms in total. The summed E-state index contributed by atoms with van der Waals surface area (Å²) in [5.74, 6) is -0.274. The summed E-state index contributed by atoms with van der Waals surface area (Å²) in [6.07, 6.45) is 1.27. The summed E-state index contributed by atoms with van der Waals surface area (Å²) >= 11 is 0. The molecule has 0 heterocycles. The lowest BCUT2D eigenvalue weighted by molar-refractivity contribution is 0.120. The molecule has 0 aliphatic heterocycles. The van der Waals surface area contributed by atoms with E-state index < -0.39 is 6.10 Å². The van der Waals surface area contributed by atoms with Gasteiger partial charge in [0.15, 0.2) is 0 Å². The summed E-state index contributed by atoms with van der Waals surface area (Å²) < 4.78 is 12.8. The Labute approximate surface area is 103 Å². The number of aliphatic hydroxyl groups is 1. The maximum absolute atomic E-state index is 12.8. The Bertz CT molecular complexity index is 325. The van der Waals surface area contributed by atoms with Gasteiger partial charge in [-0.1, -0.05) is 26.0 Å². The first-order valence-electron chi connectivity index (χ1n) is 6.28. The van der Waals surface area contributed by atoms with Crippen LogP contribution in [0.3, 0.4) is 0 Å². The summed E-state index contributed by atoms with van der Waals surface area (Å²) in [6, 6.07) is 6.43. The Kier molecular flexibility index (Phi) is 5.59. The van der Waals surface area contributed by atoms with E-state index in [0.717, 1.165) is 18.4 Å². The minimum absolute atomic E-state index is 0.00964. The molecule has 17 heavy (non-hydrogen) atoms. The Balaban J connectivity index is 2.71. The Morgan fingerprint density at radius 2 is 1.76 bits per heavy atom. The van der Waals surface area contributed by atoms with Crippen LogP contribution in [0.2, 0.25) is 0 Å². The highest BCUT2D eigenvalue weighted by Gasteiger charge is 2.20. The second-order valence-corrected chi connectivity index (χ2v) is 4.49. The van der Waals surface area contributed by atoms with E-state index in [9.17, 15) is 9.50 Å². The van der Waals surface area contributed by atoms with Crippen molar-refractivity contribution in [3.05, 3.63) is 35.6 Å². The first-order chi connectivity index (χ1) is 8.08. The van der Waals surface area contributed by atoms with Gasteiger partial charge < -0.3 is 10.4 Å². The van der Waals surface area contributed by atoms with Crippen molar-refractivity contribution in [3.8, 4) is 0 Å². The van der Waals surface area contributed by atoms with Gasteiger partial charge in [-0.05, 0) is 37.5 Å². The second-order valence-electron chi connectivity index (χ2n) is 4.49. The molecule has 1 aromatic rings. The van der Waals surface area contributed by atoms with Crippen LogP contribution in [0.5, 0.6) is 0 Å². The highest BCUT2D eigenvalue weighted by atomic mass is 19.1. The molecule has 0 radical (unpaired) electrons. The van der Waals surface area contributed by atoms with E-state index in [0.29, 0.717) is 6.04 Å². The standard InChI is InChI=1S/C14H22FNO/c1-4-10(3)16-13(5-2)14(17)11-6-8-12(15)9-7-11/h6-10,13-14,16-17H,4-5H2,1-3H3. The summed E-state index contributed by atoms with van der Waals surface area (Å²) in [5.41, 5.74) is 0.758. The smallest absolute Gasteiger partial charge is 0.123 e. The molecule has 2 N–H and O–H groups in total. The van der Waals surface area contributed by atoms with Gasteiger partial charge in [-0.15, -0.1) is 0 Å². The highest BCUT2D eigenvalue weighted by Crippen LogP contribution is 2.19. The van der Waals surface area contributed by atoms with Gasteiger partial charge in [0.1, 0.15) is 5.82 Å². The highest BCUT2D eigenvalue weighted by molar-refractivity contribution is 5.19. The van der Waals surface area contributed by atoms with Crippen molar-refractivity contribution < 1.29 is 9.50 Å². The lowest BCUT2D eigenvalue weighted by atomic mass is 9.99. The van der Waals surface area contributed by atoms with Gasteiger partial charge in [-0.3, -0.25) is 0 Å². The number of halogens is 1. The summed E-state index contributed by atoms with van der Waals surface area (Å²) in [7, 11) is 0. The molecule has 0 aliphatic carbocycles. The third-order valence-corrected chi connectivity index (χ3v) is 3.14. The zero-order valence-electron chi connectivity index (χ0n) is 10.8. The van der Waals surface area contributed by atoms with Gasteiger partial charge in [-0.25, -0.2) is 4.39 Å². The summed E-state index contributed by atoms with van der Waals surface area (Å²) in [6.45, 7) is 6.24. The lowest BCUT2D eigenvalue weighted by Crippen LogP contribution is -2.40. The Morgan fingerprint density at radius 3 is 2.24 bits per heavy atom. The van der Waals surface area contributed by atoms with Gasteiger partial charge in [0.05, 0.1) is 6.10 Å². The molecule has 0 saturated carbocycles. The van der Waals surface area contributed by atoms with E-state index in [1.807, 2.05) is 6.92 Å². The molecule has 3 heteroatoms. The first-order valence-corrected chi connectivity index (χ1v) is 6.28. The van der Waals surface area contributed by atoms with Gasteiger partial charge >= 0.3 is 0 Å². The number of benzene rings is 1. The molecule has 0 fully saturated rings. The Hall–Kier alpha value is -0.930. The maximum atomic E-state index is 12.8. The fourth-order valence-corrected chi connectivity index (χ4v) is 1.81. The van der Waals surface area contributed by atoms with Gasteiger partial charge in [-0.2, -0.15) is 0 Å². The predicted molar refractivity (Wildman–Crippen MR) is 68.3 cm³/mol. The third kappa shape index (κ3) is 4.10.